The maximum Gasteiger partial charge on any atom is 0.246 e. The molecule has 2 aromatic rings. The van der Waals surface area contributed by atoms with Crippen LogP contribution >= 0.6 is 21.6 Å². The monoisotopic (exact) mass is 1080 g/mol. The van der Waals surface area contributed by atoms with E-state index in [4.69, 9.17) is 21.9 Å². The Morgan fingerprint density at radius 3 is 2.07 bits per heavy atom. The number of primary amides is 1. The Hall–Kier alpha value is -5.91. The maximum atomic E-state index is 14.7. The second-order valence-electron chi connectivity index (χ2n) is 19.8. The molecular weight excluding hydrogens is 1000 g/mol. The predicted molar refractivity (Wildman–Crippen MR) is 287 cm³/mol. The Labute approximate surface area is 447 Å². The van der Waals surface area contributed by atoms with E-state index in [1.54, 1.807) is 62.4 Å². The third-order valence-corrected chi connectivity index (χ3v) is 16.8. The molecule has 7 atom stereocenters. The van der Waals surface area contributed by atoms with E-state index in [1.807, 2.05) is 13.0 Å². The van der Waals surface area contributed by atoms with Crippen molar-refractivity contribution in [2.45, 2.75) is 151 Å². The van der Waals surface area contributed by atoms with Crippen LogP contribution in [0.5, 0.6) is 5.75 Å². The summed E-state index contributed by atoms with van der Waals surface area (Å²) in [5.41, 5.74) is 18.5. The molecule has 412 valence electrons. The molecule has 2 aliphatic heterocycles. The smallest absolute Gasteiger partial charge is 0.246 e. The SMILES string of the molecule is CCOc1ccc(C[C@H]2NC(=O)CC3(CCCCC3)SSC[C@H](C(=O)N3CCCC3C(=O)NCCNC(=O)[C@@H](N)CCCN)NC(=O)[C@@H](CC(N)=O)NC(=O)[C@H](C(C)C)NC(=O)[C@@H](Cc3ccccc3)NC2=O)cc1. The molecule has 5 rings (SSSR count). The van der Waals surface area contributed by atoms with Crippen LogP contribution in [0.1, 0.15) is 103 Å². The molecule has 2 aromatic carbocycles. The average molecular weight is 1080 g/mol. The normalized spacial score (nSPS) is 23.7. The fraction of sp³-hybridized carbons (Fsp3) is 0.596. The lowest BCUT2D eigenvalue weighted by atomic mass is 9.85. The van der Waals surface area contributed by atoms with Crippen molar-refractivity contribution < 1.29 is 47.9 Å². The zero-order valence-corrected chi connectivity index (χ0v) is 45.0. The van der Waals surface area contributed by atoms with Crippen molar-refractivity contribution in [2.75, 3.05) is 38.5 Å². The highest BCUT2D eigenvalue weighted by atomic mass is 33.1. The van der Waals surface area contributed by atoms with Gasteiger partial charge in [-0.2, -0.15) is 0 Å². The van der Waals surface area contributed by atoms with Gasteiger partial charge in [-0.1, -0.05) is 97.2 Å². The van der Waals surface area contributed by atoms with Crippen molar-refractivity contribution in [1.29, 1.82) is 0 Å². The Morgan fingerprint density at radius 2 is 1.41 bits per heavy atom. The molecule has 2 heterocycles. The van der Waals surface area contributed by atoms with Crippen molar-refractivity contribution in [2.24, 2.45) is 23.1 Å². The summed E-state index contributed by atoms with van der Waals surface area (Å²) in [7, 11) is 2.69. The molecule has 21 nitrogen and oxygen atoms in total. The second-order valence-corrected chi connectivity index (χ2v) is 22.6. The van der Waals surface area contributed by atoms with E-state index in [0.717, 1.165) is 24.8 Å². The Morgan fingerprint density at radius 1 is 0.787 bits per heavy atom. The van der Waals surface area contributed by atoms with Gasteiger partial charge in [-0.05, 0) is 81.2 Å². The number of rotatable bonds is 18. The van der Waals surface area contributed by atoms with E-state index >= 15 is 0 Å². The third kappa shape index (κ3) is 18.7. The fourth-order valence-electron chi connectivity index (χ4n) is 9.42. The summed E-state index contributed by atoms with van der Waals surface area (Å²) >= 11 is 0. The van der Waals surface area contributed by atoms with Crippen molar-refractivity contribution in [3.05, 3.63) is 65.7 Å². The van der Waals surface area contributed by atoms with Crippen molar-refractivity contribution in [3.63, 3.8) is 0 Å². The van der Waals surface area contributed by atoms with Gasteiger partial charge in [0.05, 0.1) is 19.1 Å². The van der Waals surface area contributed by atoms with E-state index in [9.17, 15) is 43.2 Å². The first kappa shape index (κ1) is 60.0. The number of nitrogens with two attached hydrogens (primary N) is 3. The number of nitrogens with zero attached hydrogens (tertiary/aromatic N) is 1. The molecule has 1 unspecified atom stereocenters. The highest BCUT2D eigenvalue weighted by Gasteiger charge is 2.42. The molecule has 23 heteroatoms. The van der Waals surface area contributed by atoms with E-state index in [0.29, 0.717) is 63.0 Å². The lowest BCUT2D eigenvalue weighted by molar-refractivity contribution is -0.141. The Kier molecular flexibility index (Phi) is 24.0. The first-order valence-electron chi connectivity index (χ1n) is 26.1. The molecule has 13 N–H and O–H groups in total. The van der Waals surface area contributed by atoms with Gasteiger partial charge in [0.15, 0.2) is 0 Å². The van der Waals surface area contributed by atoms with Crippen LogP contribution in [0.4, 0.5) is 0 Å². The van der Waals surface area contributed by atoms with Crippen molar-refractivity contribution >= 4 is 74.8 Å². The molecule has 9 amide bonds. The minimum absolute atomic E-state index is 0.00781. The van der Waals surface area contributed by atoms with Crippen LogP contribution < -0.4 is 59.2 Å². The van der Waals surface area contributed by atoms with Gasteiger partial charge in [0, 0.05) is 49.4 Å². The predicted octanol–water partition coefficient (Wildman–Crippen LogP) is 0.603. The molecule has 75 heavy (non-hydrogen) atoms. The van der Waals surface area contributed by atoms with Gasteiger partial charge < -0.3 is 64.1 Å². The number of likely N-dealkylation sites (tertiary alicyclic amines) is 1. The van der Waals surface area contributed by atoms with Crippen LogP contribution in [0, 0.1) is 5.92 Å². The number of hydrogen-bond donors (Lipinski definition) is 10. The van der Waals surface area contributed by atoms with Crippen LogP contribution in [0.15, 0.2) is 54.6 Å². The van der Waals surface area contributed by atoms with Gasteiger partial charge in [-0.3, -0.25) is 43.2 Å². The average Bonchev–Trinajstić information content (AvgIpc) is 3.88. The fourth-order valence-corrected chi connectivity index (χ4v) is 12.8. The topological polar surface area (TPSA) is 328 Å². The van der Waals surface area contributed by atoms with Gasteiger partial charge in [0.25, 0.3) is 0 Å². The van der Waals surface area contributed by atoms with Gasteiger partial charge >= 0.3 is 0 Å². The summed E-state index contributed by atoms with van der Waals surface area (Å²) in [6, 6.07) is 7.87. The zero-order valence-electron chi connectivity index (χ0n) is 43.3. The summed E-state index contributed by atoms with van der Waals surface area (Å²) in [6.45, 7) is 6.39. The van der Waals surface area contributed by atoms with Crippen LogP contribution in [0.3, 0.4) is 0 Å². The number of carbonyl (C=O) groups excluding carboxylic acids is 9. The number of carbonyl (C=O) groups is 9. The molecule has 0 radical (unpaired) electrons. The number of benzene rings is 2. The van der Waals surface area contributed by atoms with Gasteiger partial charge in [0.1, 0.15) is 42.0 Å². The minimum Gasteiger partial charge on any atom is -0.494 e. The quantitative estimate of drug-likeness (QED) is 0.0723. The summed E-state index contributed by atoms with van der Waals surface area (Å²) in [4.78, 5) is 127. The summed E-state index contributed by atoms with van der Waals surface area (Å²) in [6.07, 6.45) is 5.05. The number of nitrogens with one attached hydrogen (secondary N) is 7. The first-order chi connectivity index (χ1) is 35.9. The maximum absolute atomic E-state index is 14.7. The van der Waals surface area contributed by atoms with Crippen LogP contribution in [-0.2, 0) is 56.0 Å². The number of amides is 9. The highest BCUT2D eigenvalue weighted by Crippen LogP contribution is 2.48. The molecular formula is C52H77N11O10S2. The second kappa shape index (κ2) is 30.0. The lowest BCUT2D eigenvalue weighted by Crippen LogP contribution is -2.61. The molecule has 2 saturated heterocycles. The summed E-state index contributed by atoms with van der Waals surface area (Å²) in [5.74, 6) is -5.88. The van der Waals surface area contributed by atoms with Gasteiger partial charge in [-0.25, -0.2) is 0 Å². The largest absolute Gasteiger partial charge is 0.494 e. The van der Waals surface area contributed by atoms with Gasteiger partial charge in [-0.15, -0.1) is 0 Å². The van der Waals surface area contributed by atoms with Crippen LogP contribution in [0.2, 0.25) is 0 Å². The van der Waals surface area contributed by atoms with Crippen molar-refractivity contribution in [1.82, 2.24) is 42.1 Å². The van der Waals surface area contributed by atoms with Gasteiger partial charge in [0.2, 0.25) is 53.2 Å². The summed E-state index contributed by atoms with van der Waals surface area (Å²) < 4.78 is 4.98. The van der Waals surface area contributed by atoms with E-state index < -0.39 is 107 Å². The zero-order chi connectivity index (χ0) is 54.5. The highest BCUT2D eigenvalue weighted by molar-refractivity contribution is 8.77. The molecule has 1 saturated carbocycles. The van der Waals surface area contributed by atoms with E-state index in [1.165, 1.54) is 26.5 Å². The molecule has 1 spiro atoms. The van der Waals surface area contributed by atoms with Crippen LogP contribution in [0.25, 0.3) is 0 Å². The Balaban J connectivity index is 1.47. The summed E-state index contributed by atoms with van der Waals surface area (Å²) in [5, 5.41) is 19.5. The molecule has 1 aliphatic carbocycles. The molecule has 0 aromatic heterocycles. The van der Waals surface area contributed by atoms with E-state index in [-0.39, 0.29) is 50.6 Å². The van der Waals surface area contributed by atoms with Crippen LogP contribution in [-0.4, -0.2) is 144 Å². The third-order valence-electron chi connectivity index (χ3n) is 13.5. The lowest BCUT2D eigenvalue weighted by Gasteiger charge is -2.37. The first-order valence-corrected chi connectivity index (χ1v) is 28.4. The molecule has 3 fully saturated rings. The minimum atomic E-state index is -1.60. The number of hydrogen-bond acceptors (Lipinski definition) is 14. The molecule has 3 aliphatic rings. The molecule has 0 bridgehead atoms. The van der Waals surface area contributed by atoms with Crippen molar-refractivity contribution in [3.8, 4) is 5.75 Å². The van der Waals surface area contributed by atoms with E-state index in [2.05, 4.69) is 37.2 Å². The number of ether oxygens (including phenoxy) is 1. The standard InChI is InChI=1S/C52H77N11O10S2/c1-4-73-35-19-17-34(18-20-35)28-37-46(67)59-38(27-33-13-7-5-8-14-33)48(69)62-44(32(2)3)50(71)60-39(29-42(55)64)47(68)61-40(31-74-75-52(30-43(65)58-37)21-9-6-10-22-52)51(72)63-26-12-16-41(63)49(70)57-25-24-56-45(66)36(54)15-11-23-53/h5,7-8,13-14,17-20,32,36-41,44H,4,6,9-12,15-16,21-31,53-54H2,1-3H3,(H2,55,64)(H,56,66)(H,57,70)(H,58,65)(H,59,67)(H,60,71)(H,61,68)(H,62,69)/t36-,37+,38+,39+,40+,41?,44-/m0/s1. The Bertz CT molecular complexity index is 2270.